The molecule has 3 heteroatoms. The highest BCUT2D eigenvalue weighted by atomic mass is 15.2. The summed E-state index contributed by atoms with van der Waals surface area (Å²) in [5, 5.41) is 4.50. The second-order valence-electron chi connectivity index (χ2n) is 13.3. The van der Waals surface area contributed by atoms with Crippen LogP contribution in [0.5, 0.6) is 0 Å². The Morgan fingerprint density at radius 2 is 1.80 bits per heavy atom. The van der Waals surface area contributed by atoms with Gasteiger partial charge in [0.25, 0.3) is 0 Å². The Kier molecular flexibility index (Phi) is 5.05. The summed E-state index contributed by atoms with van der Waals surface area (Å²) >= 11 is 0. The van der Waals surface area contributed by atoms with Gasteiger partial charge in [-0.1, -0.05) is 59.0 Å². The number of hydrogen-bond donors (Lipinski definition) is 0. The molecule has 0 radical (unpaired) electrons. The van der Waals surface area contributed by atoms with Gasteiger partial charge in [-0.05, 0) is 115 Å². The summed E-state index contributed by atoms with van der Waals surface area (Å²) in [5.74, 6) is 6.06. The first kappa shape index (κ1) is 21.2. The predicted molar refractivity (Wildman–Crippen MR) is 124 cm³/mol. The fraction of sp³-hybridized carbons (Fsp3) is 1.00. The van der Waals surface area contributed by atoms with E-state index in [0.29, 0.717) is 16.2 Å². The van der Waals surface area contributed by atoms with E-state index in [9.17, 15) is 5.53 Å². The SMILES string of the molecule is CC(C)CCC[C@@H](C)C1CC[C@H]2[C@H]3C[C@H](N=[N+]=[N-])[C@@]45C[C@H]4CCC5(C)C3CCC12C. The minimum atomic E-state index is 0.283. The lowest BCUT2D eigenvalue weighted by molar-refractivity contribution is -0.111. The van der Waals surface area contributed by atoms with Crippen molar-refractivity contribution in [3.05, 3.63) is 10.4 Å². The van der Waals surface area contributed by atoms with Crippen molar-refractivity contribution in [2.24, 2.45) is 62.8 Å². The van der Waals surface area contributed by atoms with Gasteiger partial charge in [-0.25, -0.2) is 0 Å². The molecule has 5 rings (SSSR count). The summed E-state index contributed by atoms with van der Waals surface area (Å²) < 4.78 is 0. The maximum Gasteiger partial charge on any atom is 0.0441 e. The number of hydrogen-bond acceptors (Lipinski definition) is 1. The lowest BCUT2D eigenvalue weighted by Gasteiger charge is -2.60. The quantitative estimate of drug-likeness (QED) is 0.239. The molecular formula is C27H45N3. The molecular weight excluding hydrogens is 366 g/mol. The van der Waals surface area contributed by atoms with Gasteiger partial charge < -0.3 is 0 Å². The average Bonchev–Trinajstić information content (AvgIpc) is 3.20. The van der Waals surface area contributed by atoms with Gasteiger partial charge in [0, 0.05) is 11.0 Å². The van der Waals surface area contributed by atoms with Crippen LogP contribution in [0.15, 0.2) is 5.11 Å². The van der Waals surface area contributed by atoms with Gasteiger partial charge in [0.15, 0.2) is 0 Å². The first-order valence-electron chi connectivity index (χ1n) is 13.3. The van der Waals surface area contributed by atoms with Gasteiger partial charge in [-0.3, -0.25) is 0 Å². The molecule has 30 heavy (non-hydrogen) atoms. The topological polar surface area (TPSA) is 48.8 Å². The monoisotopic (exact) mass is 411 g/mol. The number of azide groups is 1. The van der Waals surface area contributed by atoms with Crippen molar-refractivity contribution in [2.45, 2.75) is 111 Å². The zero-order valence-corrected chi connectivity index (χ0v) is 20.2. The summed E-state index contributed by atoms with van der Waals surface area (Å²) in [6.07, 6.45) is 15.4. The van der Waals surface area contributed by atoms with E-state index in [4.69, 9.17) is 0 Å². The summed E-state index contributed by atoms with van der Waals surface area (Å²) in [6.45, 7) is 12.6. The highest BCUT2D eigenvalue weighted by Gasteiger charge is 2.76. The van der Waals surface area contributed by atoms with E-state index in [0.717, 1.165) is 41.4 Å². The van der Waals surface area contributed by atoms with Crippen LogP contribution in [0.3, 0.4) is 0 Å². The summed E-state index contributed by atoms with van der Waals surface area (Å²) in [6, 6.07) is 0.283. The third-order valence-corrected chi connectivity index (χ3v) is 12.0. The summed E-state index contributed by atoms with van der Waals surface area (Å²) in [4.78, 5) is 3.38. The van der Waals surface area contributed by atoms with E-state index in [-0.39, 0.29) is 6.04 Å². The zero-order chi connectivity index (χ0) is 21.3. The minimum absolute atomic E-state index is 0.283. The van der Waals surface area contributed by atoms with Crippen LogP contribution < -0.4 is 0 Å². The fourth-order valence-corrected chi connectivity index (χ4v) is 10.5. The summed E-state index contributed by atoms with van der Waals surface area (Å²) in [5.41, 5.74) is 10.7. The molecule has 1 spiro atoms. The Labute approximate surface area is 184 Å². The van der Waals surface area contributed by atoms with E-state index >= 15 is 0 Å². The highest BCUT2D eigenvalue weighted by Crippen LogP contribution is 2.82. The maximum atomic E-state index is 9.38. The number of fused-ring (bicyclic) bond motifs is 4. The van der Waals surface area contributed by atoms with E-state index in [1.807, 2.05) is 0 Å². The van der Waals surface area contributed by atoms with Gasteiger partial charge in [-0.15, -0.1) is 0 Å². The van der Waals surface area contributed by atoms with Gasteiger partial charge in [-0.2, -0.15) is 0 Å². The Bertz CT molecular complexity index is 726. The van der Waals surface area contributed by atoms with E-state index in [2.05, 4.69) is 44.6 Å². The van der Waals surface area contributed by atoms with Crippen LogP contribution in [0.1, 0.15) is 105 Å². The van der Waals surface area contributed by atoms with E-state index in [1.54, 1.807) is 0 Å². The van der Waals surface area contributed by atoms with Crippen molar-refractivity contribution < 1.29 is 0 Å². The Morgan fingerprint density at radius 3 is 2.50 bits per heavy atom. The molecule has 4 unspecified atom stereocenters. The fourth-order valence-electron chi connectivity index (χ4n) is 10.5. The molecule has 5 aliphatic rings. The van der Waals surface area contributed by atoms with Crippen molar-refractivity contribution in [2.75, 3.05) is 0 Å². The Hall–Kier alpha value is -0.690. The Balaban J connectivity index is 1.38. The molecule has 0 aromatic heterocycles. The molecule has 168 valence electrons. The number of rotatable bonds is 6. The molecule has 0 bridgehead atoms. The van der Waals surface area contributed by atoms with Gasteiger partial charge in [0.2, 0.25) is 0 Å². The van der Waals surface area contributed by atoms with Gasteiger partial charge >= 0.3 is 0 Å². The summed E-state index contributed by atoms with van der Waals surface area (Å²) in [7, 11) is 0. The standard InChI is InChI=1S/C27H45N3/c1-17(2)7-6-8-18(3)21-9-10-22-20-15-24(29-30-28)27-16-19(27)11-14-26(27,5)23(20)12-13-25(21,22)4/h17-24H,6-16H2,1-5H3/t18-,19-,20-,21?,22+,23?,24+,25?,26?,27-/m1/s1. The van der Waals surface area contributed by atoms with Crippen molar-refractivity contribution >= 4 is 0 Å². The van der Waals surface area contributed by atoms with Crippen LogP contribution in [-0.4, -0.2) is 6.04 Å². The van der Waals surface area contributed by atoms with Crippen molar-refractivity contribution in [3.63, 3.8) is 0 Å². The lowest BCUT2D eigenvalue weighted by atomic mass is 9.45. The van der Waals surface area contributed by atoms with E-state index in [1.165, 1.54) is 70.6 Å². The van der Waals surface area contributed by atoms with Crippen LogP contribution in [0.4, 0.5) is 0 Å². The van der Waals surface area contributed by atoms with Gasteiger partial charge in [0.05, 0.1) is 0 Å². The van der Waals surface area contributed by atoms with Crippen molar-refractivity contribution in [1.29, 1.82) is 0 Å². The van der Waals surface area contributed by atoms with E-state index < -0.39 is 0 Å². The van der Waals surface area contributed by atoms with Crippen LogP contribution in [0, 0.1) is 57.7 Å². The normalized spacial score (nSPS) is 52.1. The number of nitrogens with zero attached hydrogens (tertiary/aromatic N) is 3. The molecule has 0 N–H and O–H groups in total. The Morgan fingerprint density at radius 1 is 1.00 bits per heavy atom. The molecule has 0 saturated heterocycles. The molecule has 0 heterocycles. The van der Waals surface area contributed by atoms with Crippen LogP contribution >= 0.6 is 0 Å². The molecule has 3 nitrogen and oxygen atoms in total. The molecule has 5 saturated carbocycles. The van der Waals surface area contributed by atoms with Crippen LogP contribution in [-0.2, 0) is 0 Å². The zero-order valence-electron chi connectivity index (χ0n) is 20.2. The highest BCUT2D eigenvalue weighted by molar-refractivity contribution is 5.27. The lowest BCUT2D eigenvalue weighted by Crippen LogP contribution is -2.56. The van der Waals surface area contributed by atoms with Crippen molar-refractivity contribution in [3.8, 4) is 0 Å². The first-order chi connectivity index (χ1) is 14.3. The molecule has 5 fully saturated rings. The first-order valence-corrected chi connectivity index (χ1v) is 13.3. The second-order valence-corrected chi connectivity index (χ2v) is 13.3. The maximum absolute atomic E-state index is 9.38. The average molecular weight is 412 g/mol. The molecule has 10 atom stereocenters. The largest absolute Gasteiger partial charge is 0.0900 e. The van der Waals surface area contributed by atoms with Crippen molar-refractivity contribution in [1.82, 2.24) is 0 Å². The van der Waals surface area contributed by atoms with Gasteiger partial charge in [0.1, 0.15) is 0 Å². The second kappa shape index (κ2) is 7.16. The molecule has 0 aliphatic heterocycles. The predicted octanol–water partition coefficient (Wildman–Crippen LogP) is 8.40. The third kappa shape index (κ3) is 2.72. The minimum Gasteiger partial charge on any atom is -0.0900 e. The van der Waals surface area contributed by atoms with Crippen LogP contribution in [0.25, 0.3) is 10.4 Å². The molecule has 0 aromatic carbocycles. The van der Waals surface area contributed by atoms with Crippen LogP contribution in [0.2, 0.25) is 0 Å². The molecule has 5 aliphatic carbocycles. The third-order valence-electron chi connectivity index (χ3n) is 12.0. The smallest absolute Gasteiger partial charge is 0.0441 e. The molecule has 0 amide bonds. The molecule has 0 aromatic rings.